The van der Waals surface area contributed by atoms with Gasteiger partial charge < -0.3 is 14.6 Å². The van der Waals surface area contributed by atoms with Crippen LogP contribution in [0.3, 0.4) is 0 Å². The number of methoxy groups -OCH3 is 1. The highest BCUT2D eigenvalue weighted by Gasteiger charge is 2.40. The first kappa shape index (κ1) is 16.2. The van der Waals surface area contributed by atoms with E-state index in [2.05, 4.69) is 4.74 Å². The molecule has 1 amide bonds. The molecule has 112 valence electrons. The molecule has 0 radical (unpaired) electrons. The van der Waals surface area contributed by atoms with Crippen molar-refractivity contribution in [2.75, 3.05) is 13.7 Å². The molecule has 2 atom stereocenters. The van der Waals surface area contributed by atoms with E-state index in [0.717, 1.165) is 4.90 Å². The zero-order chi connectivity index (χ0) is 15.5. The van der Waals surface area contributed by atoms with Crippen LogP contribution < -0.4 is 0 Å². The van der Waals surface area contributed by atoms with Crippen molar-refractivity contribution in [1.82, 2.24) is 4.90 Å². The molecule has 1 heterocycles. The molecule has 7 nitrogen and oxygen atoms in total. The number of aliphatic hydroxyl groups excluding tert-OH is 1. The number of rotatable bonds is 1. The van der Waals surface area contributed by atoms with Crippen molar-refractivity contribution in [3.63, 3.8) is 0 Å². The third-order valence-electron chi connectivity index (χ3n) is 2.73. The molecule has 0 saturated carbocycles. The average Bonchev–Trinajstić information content (AvgIpc) is 2.34. The zero-order valence-electron chi connectivity index (χ0n) is 12.0. The SMILES string of the molecule is COC(=O)C1CC(O)CN(C(=O)OC(C)(C)C)C1=C=O. The maximum Gasteiger partial charge on any atom is 0.415 e. The number of ether oxygens (including phenoxy) is 2. The molecule has 1 aliphatic rings. The molecule has 1 N–H and O–H groups in total. The molecule has 0 aromatic rings. The minimum absolute atomic E-state index is 0.0105. The maximum absolute atomic E-state index is 12.0. The van der Waals surface area contributed by atoms with Crippen LogP contribution in [0, 0.1) is 5.92 Å². The van der Waals surface area contributed by atoms with Crippen molar-refractivity contribution in [2.24, 2.45) is 5.92 Å². The van der Waals surface area contributed by atoms with Gasteiger partial charge >= 0.3 is 12.1 Å². The molecule has 1 rings (SSSR count). The summed E-state index contributed by atoms with van der Waals surface area (Å²) in [5, 5.41) is 9.75. The van der Waals surface area contributed by atoms with Crippen molar-refractivity contribution < 1.29 is 29.0 Å². The number of likely N-dealkylation sites (tertiary alicyclic amines) is 1. The molecule has 0 spiro atoms. The first-order valence-electron chi connectivity index (χ1n) is 6.21. The number of nitrogens with zero attached hydrogens (tertiary/aromatic N) is 1. The summed E-state index contributed by atoms with van der Waals surface area (Å²) in [6, 6.07) is 0. The van der Waals surface area contributed by atoms with E-state index in [1.54, 1.807) is 26.7 Å². The predicted molar refractivity (Wildman–Crippen MR) is 68.3 cm³/mol. The largest absolute Gasteiger partial charge is 0.468 e. The summed E-state index contributed by atoms with van der Waals surface area (Å²) < 4.78 is 9.71. The van der Waals surface area contributed by atoms with Gasteiger partial charge in [0.25, 0.3) is 0 Å². The van der Waals surface area contributed by atoms with Crippen LogP contribution in [-0.2, 0) is 19.1 Å². The van der Waals surface area contributed by atoms with Gasteiger partial charge in [0.2, 0.25) is 0 Å². The highest BCUT2D eigenvalue weighted by molar-refractivity contribution is 5.83. The third-order valence-corrected chi connectivity index (χ3v) is 2.73. The Kier molecular flexibility index (Phi) is 4.92. The highest BCUT2D eigenvalue weighted by atomic mass is 16.6. The first-order chi connectivity index (χ1) is 9.19. The van der Waals surface area contributed by atoms with Gasteiger partial charge in [-0.2, -0.15) is 0 Å². The van der Waals surface area contributed by atoms with E-state index >= 15 is 0 Å². The van der Waals surface area contributed by atoms with E-state index in [0.29, 0.717) is 0 Å². The van der Waals surface area contributed by atoms with Crippen molar-refractivity contribution in [1.29, 1.82) is 0 Å². The Balaban J connectivity index is 3.02. The fraction of sp³-hybridized carbons (Fsp3) is 0.692. The summed E-state index contributed by atoms with van der Waals surface area (Å²) in [6.45, 7) is 4.90. The first-order valence-corrected chi connectivity index (χ1v) is 6.21. The van der Waals surface area contributed by atoms with Crippen LogP contribution in [0.5, 0.6) is 0 Å². The fourth-order valence-electron chi connectivity index (χ4n) is 1.92. The number of esters is 1. The number of carbonyl (C=O) groups excluding carboxylic acids is 3. The Labute approximate surface area is 117 Å². The van der Waals surface area contributed by atoms with Crippen LogP contribution in [0.4, 0.5) is 4.79 Å². The van der Waals surface area contributed by atoms with Gasteiger partial charge in [-0.15, -0.1) is 0 Å². The second-order valence-electron chi connectivity index (χ2n) is 5.54. The van der Waals surface area contributed by atoms with Gasteiger partial charge in [0.05, 0.1) is 19.8 Å². The molecule has 0 aromatic carbocycles. The molecular formula is C13H19NO6. The molecule has 7 heteroatoms. The number of β-amino-alcohol motifs (C(OH)–C–C–N with tert-alkyl or cyclic N) is 1. The summed E-state index contributed by atoms with van der Waals surface area (Å²) in [5.41, 5.74) is -0.926. The van der Waals surface area contributed by atoms with E-state index in [-0.39, 0.29) is 18.7 Å². The minimum Gasteiger partial charge on any atom is -0.468 e. The molecule has 0 aliphatic carbocycles. The Morgan fingerprint density at radius 3 is 2.45 bits per heavy atom. The Bertz CT molecular complexity index is 446. The second kappa shape index (κ2) is 6.07. The standard InChI is InChI=1S/C13H19NO6/c1-13(2,3)20-12(18)14-6-8(16)5-9(10(14)7-15)11(17)19-4/h8-9,16H,5-6H2,1-4H3. The van der Waals surface area contributed by atoms with Crippen LogP contribution in [0.15, 0.2) is 5.70 Å². The molecule has 0 bridgehead atoms. The summed E-state index contributed by atoms with van der Waals surface area (Å²) in [6.07, 6.45) is -1.73. The highest BCUT2D eigenvalue weighted by Crippen LogP contribution is 2.28. The lowest BCUT2D eigenvalue weighted by Gasteiger charge is -2.35. The van der Waals surface area contributed by atoms with Crippen molar-refractivity contribution in [3.8, 4) is 0 Å². The van der Waals surface area contributed by atoms with Crippen LogP contribution in [0.2, 0.25) is 0 Å². The fourth-order valence-corrected chi connectivity index (χ4v) is 1.92. The summed E-state index contributed by atoms with van der Waals surface area (Å²) in [7, 11) is 1.17. The smallest absolute Gasteiger partial charge is 0.415 e. The zero-order valence-corrected chi connectivity index (χ0v) is 12.0. The van der Waals surface area contributed by atoms with Crippen molar-refractivity contribution >= 4 is 18.0 Å². The van der Waals surface area contributed by atoms with Gasteiger partial charge in [-0.25, -0.2) is 9.59 Å². The molecule has 1 saturated heterocycles. The molecule has 1 fully saturated rings. The number of hydrogen-bond donors (Lipinski definition) is 1. The van der Waals surface area contributed by atoms with Gasteiger partial charge in [0.15, 0.2) is 0 Å². The molecule has 0 aromatic heterocycles. The molecule has 2 unspecified atom stereocenters. The topological polar surface area (TPSA) is 93.1 Å². The molecule has 20 heavy (non-hydrogen) atoms. The Morgan fingerprint density at radius 2 is 2.00 bits per heavy atom. The van der Waals surface area contributed by atoms with E-state index in [4.69, 9.17) is 4.74 Å². The predicted octanol–water partition coefficient (Wildman–Crippen LogP) is 0.493. The van der Waals surface area contributed by atoms with Crippen LogP contribution in [0.1, 0.15) is 27.2 Å². The normalized spacial score (nSPS) is 23.1. The van der Waals surface area contributed by atoms with E-state index < -0.39 is 29.7 Å². The van der Waals surface area contributed by atoms with Crippen LogP contribution in [-0.4, -0.2) is 53.4 Å². The summed E-state index contributed by atoms with van der Waals surface area (Å²) in [5.74, 6) is -0.132. The Hall–Kier alpha value is -1.85. The van der Waals surface area contributed by atoms with E-state index in [1.807, 2.05) is 0 Å². The van der Waals surface area contributed by atoms with Gasteiger partial charge in [-0.05, 0) is 27.2 Å². The third kappa shape index (κ3) is 3.82. The lowest BCUT2D eigenvalue weighted by molar-refractivity contribution is -0.146. The number of hydrogen-bond acceptors (Lipinski definition) is 6. The van der Waals surface area contributed by atoms with Gasteiger partial charge in [-0.3, -0.25) is 9.69 Å². The van der Waals surface area contributed by atoms with Crippen molar-refractivity contribution in [2.45, 2.75) is 38.9 Å². The minimum atomic E-state index is -1.02. The van der Waals surface area contributed by atoms with Gasteiger partial charge in [0, 0.05) is 0 Å². The lowest BCUT2D eigenvalue weighted by atomic mass is 9.93. The van der Waals surface area contributed by atoms with Gasteiger partial charge in [-0.1, -0.05) is 0 Å². The average molecular weight is 285 g/mol. The summed E-state index contributed by atoms with van der Waals surface area (Å²) in [4.78, 5) is 35.7. The quantitative estimate of drug-likeness (QED) is 0.557. The van der Waals surface area contributed by atoms with Crippen molar-refractivity contribution in [3.05, 3.63) is 5.70 Å². The van der Waals surface area contributed by atoms with E-state index in [9.17, 15) is 19.5 Å². The number of amides is 1. The molecular weight excluding hydrogens is 266 g/mol. The van der Waals surface area contributed by atoms with Gasteiger partial charge in [0.1, 0.15) is 23.2 Å². The summed E-state index contributed by atoms with van der Waals surface area (Å²) >= 11 is 0. The van der Waals surface area contributed by atoms with Crippen LogP contribution >= 0.6 is 0 Å². The number of carbonyl (C=O) groups is 2. The monoisotopic (exact) mass is 285 g/mol. The van der Waals surface area contributed by atoms with Crippen LogP contribution in [0.25, 0.3) is 0 Å². The molecule has 1 aliphatic heterocycles. The number of piperidine rings is 1. The number of aliphatic hydroxyl groups is 1. The maximum atomic E-state index is 12.0. The second-order valence-corrected chi connectivity index (χ2v) is 5.54. The Morgan fingerprint density at radius 1 is 1.40 bits per heavy atom. The van der Waals surface area contributed by atoms with E-state index in [1.165, 1.54) is 7.11 Å². The lowest BCUT2D eigenvalue weighted by Crippen LogP contribution is -2.48.